The molecule has 1 atom stereocenters. The molecule has 74 valence electrons. The van der Waals surface area contributed by atoms with Crippen molar-refractivity contribution < 1.29 is 9.52 Å². The van der Waals surface area contributed by atoms with Gasteiger partial charge in [0.25, 0.3) is 0 Å². The van der Waals surface area contributed by atoms with Gasteiger partial charge >= 0.3 is 0 Å². The third kappa shape index (κ3) is 1.46. The van der Waals surface area contributed by atoms with Gasteiger partial charge in [-0.25, -0.2) is 4.68 Å². The molecule has 6 heteroatoms. The van der Waals surface area contributed by atoms with E-state index in [0.717, 1.165) is 0 Å². The molecule has 1 N–H and O–H groups in total. The Morgan fingerprint density at radius 1 is 1.64 bits per heavy atom. The van der Waals surface area contributed by atoms with E-state index in [9.17, 15) is 5.11 Å². The summed E-state index contributed by atoms with van der Waals surface area (Å²) in [7, 11) is 1.72. The molecule has 0 aliphatic rings. The molecule has 2 aromatic rings. The Labute approximate surface area is 88.5 Å². The van der Waals surface area contributed by atoms with E-state index in [0.29, 0.717) is 15.9 Å². The molecule has 0 radical (unpaired) electrons. The van der Waals surface area contributed by atoms with Crippen LogP contribution in [0.2, 0.25) is 0 Å². The van der Waals surface area contributed by atoms with Crippen molar-refractivity contribution >= 4 is 15.9 Å². The van der Waals surface area contributed by atoms with Gasteiger partial charge < -0.3 is 9.52 Å². The summed E-state index contributed by atoms with van der Waals surface area (Å²) in [6.07, 6.45) is 2.25. The minimum atomic E-state index is -0.775. The number of nitrogens with zero attached hydrogens (tertiary/aromatic N) is 3. The largest absolute Gasteiger partial charge is 0.457 e. The number of aromatic nitrogens is 3. The average Bonchev–Trinajstić information content (AvgIpc) is 2.73. The minimum absolute atomic E-state index is 0.520. The summed E-state index contributed by atoms with van der Waals surface area (Å²) in [5.74, 6) is 0. The van der Waals surface area contributed by atoms with Gasteiger partial charge in [0.05, 0.1) is 18.2 Å². The van der Waals surface area contributed by atoms with Crippen LogP contribution in [0.5, 0.6) is 0 Å². The van der Waals surface area contributed by atoms with E-state index in [4.69, 9.17) is 4.42 Å². The standard InChI is InChI=1S/C8H8BrN3O2/c1-12-6(4-10-11-12)7(13)5-2-3-14-8(5)9/h2-4,7,13H,1H3. The van der Waals surface area contributed by atoms with Crippen molar-refractivity contribution in [3.05, 3.63) is 34.5 Å². The predicted octanol–water partition coefficient (Wildman–Crippen LogP) is 1.25. The molecule has 0 saturated carbocycles. The smallest absolute Gasteiger partial charge is 0.175 e. The highest BCUT2D eigenvalue weighted by Crippen LogP contribution is 2.28. The maximum atomic E-state index is 9.94. The van der Waals surface area contributed by atoms with Crippen LogP contribution in [0.15, 0.2) is 27.6 Å². The second-order valence-electron chi connectivity index (χ2n) is 2.83. The fourth-order valence-electron chi connectivity index (χ4n) is 1.20. The molecule has 1 unspecified atom stereocenters. The van der Waals surface area contributed by atoms with Crippen molar-refractivity contribution in [1.82, 2.24) is 15.0 Å². The van der Waals surface area contributed by atoms with Gasteiger partial charge in [-0.2, -0.15) is 0 Å². The Balaban J connectivity index is 2.38. The first-order valence-corrected chi connectivity index (χ1v) is 4.75. The van der Waals surface area contributed by atoms with Crippen LogP contribution in [-0.4, -0.2) is 20.1 Å². The first-order chi connectivity index (χ1) is 6.70. The molecule has 5 nitrogen and oxygen atoms in total. The molecule has 0 fully saturated rings. The molecular weight excluding hydrogens is 250 g/mol. The number of aliphatic hydroxyl groups is 1. The number of aryl methyl sites for hydroxylation is 1. The van der Waals surface area contributed by atoms with Crippen LogP contribution in [0.4, 0.5) is 0 Å². The molecule has 0 aromatic carbocycles. The van der Waals surface area contributed by atoms with Crippen LogP contribution < -0.4 is 0 Å². The summed E-state index contributed by atoms with van der Waals surface area (Å²) in [5, 5.41) is 17.4. The van der Waals surface area contributed by atoms with Gasteiger partial charge in [-0.15, -0.1) is 5.10 Å². The van der Waals surface area contributed by atoms with Gasteiger partial charge in [-0.05, 0) is 22.0 Å². The van der Waals surface area contributed by atoms with Crippen LogP contribution in [0.25, 0.3) is 0 Å². The van der Waals surface area contributed by atoms with Crippen molar-refractivity contribution in [3.63, 3.8) is 0 Å². The number of hydrogen-bond acceptors (Lipinski definition) is 4. The predicted molar refractivity (Wildman–Crippen MR) is 51.5 cm³/mol. The Bertz CT molecular complexity index is 397. The van der Waals surface area contributed by atoms with E-state index >= 15 is 0 Å². The van der Waals surface area contributed by atoms with E-state index in [2.05, 4.69) is 26.2 Å². The molecule has 2 heterocycles. The molecule has 0 amide bonds. The summed E-state index contributed by atoms with van der Waals surface area (Å²) in [4.78, 5) is 0. The summed E-state index contributed by atoms with van der Waals surface area (Å²) in [6, 6.07) is 1.70. The third-order valence-corrected chi connectivity index (χ3v) is 2.62. The first-order valence-electron chi connectivity index (χ1n) is 3.95. The number of hydrogen-bond donors (Lipinski definition) is 1. The number of aliphatic hydroxyl groups excluding tert-OH is 1. The van der Waals surface area contributed by atoms with Crippen molar-refractivity contribution in [2.24, 2.45) is 7.05 Å². The van der Waals surface area contributed by atoms with Crippen molar-refractivity contribution in [3.8, 4) is 0 Å². The molecular formula is C8H8BrN3O2. The fourth-order valence-corrected chi connectivity index (χ4v) is 1.66. The van der Waals surface area contributed by atoms with Crippen LogP contribution in [-0.2, 0) is 7.05 Å². The molecule has 0 spiro atoms. The third-order valence-electron chi connectivity index (χ3n) is 1.97. The van der Waals surface area contributed by atoms with Gasteiger partial charge in [0, 0.05) is 12.6 Å². The second kappa shape index (κ2) is 3.55. The lowest BCUT2D eigenvalue weighted by atomic mass is 10.1. The lowest BCUT2D eigenvalue weighted by Gasteiger charge is -2.07. The van der Waals surface area contributed by atoms with Gasteiger partial charge in [-0.3, -0.25) is 0 Å². The highest BCUT2D eigenvalue weighted by molar-refractivity contribution is 9.10. The van der Waals surface area contributed by atoms with Crippen LogP contribution in [0.1, 0.15) is 17.4 Å². The number of rotatable bonds is 2. The van der Waals surface area contributed by atoms with Crippen LogP contribution >= 0.6 is 15.9 Å². The monoisotopic (exact) mass is 257 g/mol. The second-order valence-corrected chi connectivity index (χ2v) is 3.55. The fraction of sp³-hybridized carbons (Fsp3) is 0.250. The van der Waals surface area contributed by atoms with E-state index in [-0.39, 0.29) is 0 Å². The van der Waals surface area contributed by atoms with E-state index in [1.165, 1.54) is 17.1 Å². The zero-order chi connectivity index (χ0) is 10.1. The Kier molecular flexibility index (Phi) is 2.39. The molecule has 0 saturated heterocycles. The number of furan rings is 1. The lowest BCUT2D eigenvalue weighted by molar-refractivity contribution is 0.207. The van der Waals surface area contributed by atoms with Gasteiger partial charge in [0.15, 0.2) is 4.67 Å². The van der Waals surface area contributed by atoms with Gasteiger partial charge in [-0.1, -0.05) is 5.21 Å². The molecule has 0 aliphatic carbocycles. The lowest BCUT2D eigenvalue weighted by Crippen LogP contribution is -2.06. The molecule has 2 aromatic heterocycles. The Hall–Kier alpha value is -1.14. The minimum Gasteiger partial charge on any atom is -0.457 e. The normalized spacial score (nSPS) is 13.1. The van der Waals surface area contributed by atoms with E-state index in [1.807, 2.05) is 0 Å². The quantitative estimate of drug-likeness (QED) is 0.880. The topological polar surface area (TPSA) is 64.1 Å². The molecule has 0 aliphatic heterocycles. The first kappa shape index (κ1) is 9.42. The van der Waals surface area contributed by atoms with Crippen molar-refractivity contribution in [1.29, 1.82) is 0 Å². The highest BCUT2D eigenvalue weighted by Gasteiger charge is 2.18. The van der Waals surface area contributed by atoms with Gasteiger partial charge in [0.2, 0.25) is 0 Å². The maximum Gasteiger partial charge on any atom is 0.175 e. The zero-order valence-electron chi connectivity index (χ0n) is 7.38. The summed E-state index contributed by atoms with van der Waals surface area (Å²) >= 11 is 3.20. The Morgan fingerprint density at radius 2 is 2.43 bits per heavy atom. The van der Waals surface area contributed by atoms with Gasteiger partial charge in [0.1, 0.15) is 6.10 Å². The number of halogens is 1. The summed E-state index contributed by atoms with van der Waals surface area (Å²) < 4.78 is 7.07. The maximum absolute atomic E-state index is 9.94. The summed E-state index contributed by atoms with van der Waals surface area (Å²) in [5.41, 5.74) is 1.28. The van der Waals surface area contributed by atoms with Crippen LogP contribution in [0, 0.1) is 0 Å². The van der Waals surface area contributed by atoms with E-state index < -0.39 is 6.10 Å². The SMILES string of the molecule is Cn1nncc1C(O)c1ccoc1Br. The summed E-state index contributed by atoms with van der Waals surface area (Å²) in [6.45, 7) is 0. The molecule has 2 rings (SSSR count). The van der Waals surface area contributed by atoms with Crippen LogP contribution in [0.3, 0.4) is 0 Å². The highest BCUT2D eigenvalue weighted by atomic mass is 79.9. The zero-order valence-corrected chi connectivity index (χ0v) is 8.97. The van der Waals surface area contributed by atoms with Crippen molar-refractivity contribution in [2.75, 3.05) is 0 Å². The average molecular weight is 258 g/mol. The van der Waals surface area contributed by atoms with Crippen molar-refractivity contribution in [2.45, 2.75) is 6.10 Å². The molecule has 0 bridgehead atoms. The molecule has 14 heavy (non-hydrogen) atoms. The van der Waals surface area contributed by atoms with E-state index in [1.54, 1.807) is 13.1 Å². The Morgan fingerprint density at radius 3 is 2.93 bits per heavy atom.